The number of nitrogens with zero attached hydrogens (tertiary/aromatic N) is 2. The lowest BCUT2D eigenvalue weighted by atomic mass is 10.1. The molecule has 2 aliphatic heterocycles. The van der Waals surface area contributed by atoms with Crippen LogP contribution in [0.2, 0.25) is 0 Å². The molecular formula is C19H25N3O4S. The van der Waals surface area contributed by atoms with Gasteiger partial charge in [0.1, 0.15) is 6.04 Å². The third kappa shape index (κ3) is 3.48. The maximum atomic E-state index is 12.9. The average Bonchev–Trinajstić information content (AvgIpc) is 3.37. The van der Waals surface area contributed by atoms with Gasteiger partial charge in [0.15, 0.2) is 0 Å². The molecule has 2 heterocycles. The summed E-state index contributed by atoms with van der Waals surface area (Å²) in [6, 6.07) is 4.47. The number of carbonyl (C=O) groups excluding carboxylic acids is 2. The van der Waals surface area contributed by atoms with Gasteiger partial charge in [-0.3, -0.25) is 14.5 Å². The molecule has 1 saturated carbocycles. The molecule has 146 valence electrons. The summed E-state index contributed by atoms with van der Waals surface area (Å²) in [7, 11) is -3.54. The fourth-order valence-electron chi connectivity index (χ4n) is 3.97. The second-order valence-corrected chi connectivity index (χ2v) is 9.59. The Balaban J connectivity index is 1.62. The molecule has 1 aromatic carbocycles. The van der Waals surface area contributed by atoms with Crippen molar-refractivity contribution in [3.05, 3.63) is 23.8 Å². The van der Waals surface area contributed by atoms with Gasteiger partial charge in [-0.25, -0.2) is 8.42 Å². The second-order valence-electron chi connectivity index (χ2n) is 7.65. The van der Waals surface area contributed by atoms with Crippen molar-refractivity contribution in [2.24, 2.45) is 0 Å². The van der Waals surface area contributed by atoms with E-state index >= 15 is 0 Å². The van der Waals surface area contributed by atoms with Gasteiger partial charge in [-0.15, -0.1) is 0 Å². The molecule has 1 unspecified atom stereocenters. The van der Waals surface area contributed by atoms with Crippen LogP contribution in [0.1, 0.15) is 44.6 Å². The number of sulfonamides is 1. The minimum absolute atomic E-state index is 0.163. The Morgan fingerprint density at radius 2 is 1.81 bits per heavy atom. The number of amides is 2. The largest absolute Gasteiger partial charge is 0.352 e. The number of carbonyl (C=O) groups is 2. The molecule has 1 saturated heterocycles. The van der Waals surface area contributed by atoms with Crippen molar-refractivity contribution in [3.8, 4) is 0 Å². The van der Waals surface area contributed by atoms with Crippen LogP contribution in [0.25, 0.3) is 0 Å². The normalized spacial score (nSPS) is 23.1. The van der Waals surface area contributed by atoms with Gasteiger partial charge in [0.05, 0.1) is 4.90 Å². The number of nitrogens with one attached hydrogen (secondary N) is 1. The molecule has 1 atom stereocenters. The Hall–Kier alpha value is -1.93. The lowest BCUT2D eigenvalue weighted by Gasteiger charge is -2.26. The highest BCUT2D eigenvalue weighted by Gasteiger charge is 2.39. The minimum Gasteiger partial charge on any atom is -0.352 e. The number of rotatable bonds is 4. The first-order chi connectivity index (χ1) is 12.9. The van der Waals surface area contributed by atoms with E-state index < -0.39 is 16.1 Å². The third-order valence-corrected chi connectivity index (χ3v) is 7.45. The summed E-state index contributed by atoms with van der Waals surface area (Å²) in [4.78, 5) is 26.5. The zero-order valence-electron chi connectivity index (χ0n) is 15.5. The summed E-state index contributed by atoms with van der Waals surface area (Å²) in [6.07, 6.45) is 5.11. The van der Waals surface area contributed by atoms with Crippen LogP contribution in [0, 0.1) is 0 Å². The molecule has 0 aromatic heterocycles. The summed E-state index contributed by atoms with van der Waals surface area (Å²) in [6.45, 7) is 2.53. The highest BCUT2D eigenvalue weighted by atomic mass is 32.2. The van der Waals surface area contributed by atoms with E-state index in [1.165, 1.54) is 16.1 Å². The highest BCUT2D eigenvalue weighted by Crippen LogP contribution is 2.35. The first-order valence-electron chi connectivity index (χ1n) is 9.61. The minimum atomic E-state index is -3.54. The lowest BCUT2D eigenvalue weighted by molar-refractivity contribution is -0.125. The van der Waals surface area contributed by atoms with Gasteiger partial charge in [-0.2, -0.15) is 4.31 Å². The summed E-state index contributed by atoms with van der Waals surface area (Å²) in [5.74, 6) is -0.374. The number of hydrogen-bond acceptors (Lipinski definition) is 4. The van der Waals surface area contributed by atoms with Gasteiger partial charge in [-0.05, 0) is 49.4 Å². The fourth-order valence-corrected chi connectivity index (χ4v) is 5.53. The van der Waals surface area contributed by atoms with Crippen molar-refractivity contribution in [2.45, 2.75) is 62.4 Å². The van der Waals surface area contributed by atoms with Crippen LogP contribution in [0.15, 0.2) is 23.1 Å². The zero-order chi connectivity index (χ0) is 19.2. The highest BCUT2D eigenvalue weighted by molar-refractivity contribution is 7.89. The Bertz CT molecular complexity index is 873. The van der Waals surface area contributed by atoms with E-state index in [9.17, 15) is 18.0 Å². The van der Waals surface area contributed by atoms with Crippen LogP contribution >= 0.6 is 0 Å². The number of hydrogen-bond donors (Lipinski definition) is 1. The van der Waals surface area contributed by atoms with Crippen LogP contribution < -0.4 is 10.2 Å². The summed E-state index contributed by atoms with van der Waals surface area (Å²) >= 11 is 0. The van der Waals surface area contributed by atoms with Crippen LogP contribution in [0.4, 0.5) is 5.69 Å². The molecular weight excluding hydrogens is 366 g/mol. The Morgan fingerprint density at radius 1 is 1.11 bits per heavy atom. The van der Waals surface area contributed by atoms with Crippen molar-refractivity contribution in [1.82, 2.24) is 9.62 Å². The van der Waals surface area contributed by atoms with E-state index in [4.69, 9.17) is 0 Å². The molecule has 1 N–H and O–H groups in total. The van der Waals surface area contributed by atoms with Gasteiger partial charge in [0, 0.05) is 38.2 Å². The molecule has 0 spiro atoms. The number of benzene rings is 1. The van der Waals surface area contributed by atoms with Crippen LogP contribution in [-0.4, -0.2) is 49.7 Å². The standard InChI is InChI=1S/C19H25N3O4S/c1-13(23)22-17-8-7-16(27(25,26)21-9-3-2-4-10-21)11-14(17)12-18(22)19(24)20-15-5-6-15/h7-8,11,15,18H,2-6,9-10,12H2,1H3,(H,20,24). The van der Waals surface area contributed by atoms with Gasteiger partial charge in [0.2, 0.25) is 21.8 Å². The maximum Gasteiger partial charge on any atom is 0.243 e. The second kappa shape index (κ2) is 6.91. The van der Waals surface area contributed by atoms with Crippen molar-refractivity contribution in [1.29, 1.82) is 0 Å². The van der Waals surface area contributed by atoms with E-state index in [1.54, 1.807) is 18.2 Å². The topological polar surface area (TPSA) is 86.8 Å². The first-order valence-corrected chi connectivity index (χ1v) is 11.0. The van der Waals surface area contributed by atoms with E-state index in [0.29, 0.717) is 25.2 Å². The van der Waals surface area contributed by atoms with Crippen molar-refractivity contribution < 1.29 is 18.0 Å². The summed E-state index contributed by atoms with van der Waals surface area (Å²) in [5, 5.41) is 2.95. The molecule has 7 nitrogen and oxygen atoms in total. The number of anilines is 1. The van der Waals surface area contributed by atoms with Crippen molar-refractivity contribution >= 4 is 27.5 Å². The number of fused-ring (bicyclic) bond motifs is 1. The average molecular weight is 391 g/mol. The molecule has 0 bridgehead atoms. The van der Waals surface area contributed by atoms with E-state index in [0.717, 1.165) is 37.7 Å². The molecule has 27 heavy (non-hydrogen) atoms. The quantitative estimate of drug-likeness (QED) is 0.841. The van der Waals surface area contributed by atoms with E-state index in [2.05, 4.69) is 5.32 Å². The summed E-state index contributed by atoms with van der Waals surface area (Å²) < 4.78 is 27.4. The van der Waals surface area contributed by atoms with E-state index in [-0.39, 0.29) is 22.8 Å². The molecule has 2 fully saturated rings. The SMILES string of the molecule is CC(=O)N1c2ccc(S(=O)(=O)N3CCCCC3)cc2CC1C(=O)NC1CC1. The Morgan fingerprint density at radius 3 is 2.44 bits per heavy atom. The molecule has 1 aromatic rings. The number of piperidine rings is 1. The summed E-state index contributed by atoms with van der Waals surface area (Å²) in [5.41, 5.74) is 1.37. The van der Waals surface area contributed by atoms with Crippen molar-refractivity contribution in [2.75, 3.05) is 18.0 Å². The maximum absolute atomic E-state index is 12.9. The fraction of sp³-hybridized carbons (Fsp3) is 0.579. The molecule has 8 heteroatoms. The van der Waals surface area contributed by atoms with Crippen LogP contribution in [0.5, 0.6) is 0 Å². The van der Waals surface area contributed by atoms with Gasteiger partial charge >= 0.3 is 0 Å². The van der Waals surface area contributed by atoms with Crippen LogP contribution in [0.3, 0.4) is 0 Å². The predicted molar refractivity (Wildman–Crippen MR) is 101 cm³/mol. The van der Waals surface area contributed by atoms with Gasteiger partial charge in [-0.1, -0.05) is 6.42 Å². The van der Waals surface area contributed by atoms with Gasteiger partial charge in [0.25, 0.3) is 0 Å². The Kier molecular flexibility index (Phi) is 4.71. The predicted octanol–water partition coefficient (Wildman–Crippen LogP) is 1.42. The zero-order valence-corrected chi connectivity index (χ0v) is 16.3. The van der Waals surface area contributed by atoms with E-state index in [1.807, 2.05) is 0 Å². The first kappa shape index (κ1) is 18.4. The van der Waals surface area contributed by atoms with Crippen molar-refractivity contribution in [3.63, 3.8) is 0 Å². The molecule has 3 aliphatic rings. The molecule has 0 radical (unpaired) electrons. The Labute approximate surface area is 159 Å². The smallest absolute Gasteiger partial charge is 0.243 e. The van der Waals surface area contributed by atoms with Crippen LogP contribution in [-0.2, 0) is 26.0 Å². The molecule has 2 amide bonds. The molecule has 1 aliphatic carbocycles. The van der Waals surface area contributed by atoms with Gasteiger partial charge < -0.3 is 5.32 Å². The lowest BCUT2D eigenvalue weighted by Crippen LogP contribution is -2.47. The third-order valence-electron chi connectivity index (χ3n) is 5.55. The molecule has 4 rings (SSSR count). The monoisotopic (exact) mass is 391 g/mol.